The number of fused-ring (bicyclic) bond motifs is 1. The van der Waals surface area contributed by atoms with E-state index in [0.29, 0.717) is 15.6 Å². The van der Waals surface area contributed by atoms with Gasteiger partial charge in [0, 0.05) is 30.1 Å². The molecule has 220 valence electrons. The number of nitriles is 1. The van der Waals surface area contributed by atoms with Crippen molar-refractivity contribution in [3.8, 4) is 16.8 Å². The van der Waals surface area contributed by atoms with Gasteiger partial charge < -0.3 is 0 Å². The lowest BCUT2D eigenvalue weighted by Crippen LogP contribution is -2.47. The molecule has 1 saturated carbocycles. The van der Waals surface area contributed by atoms with Gasteiger partial charge in [0.05, 0.1) is 28.3 Å². The van der Waals surface area contributed by atoms with Crippen molar-refractivity contribution in [3.05, 3.63) is 28.8 Å². The van der Waals surface area contributed by atoms with Gasteiger partial charge in [-0.2, -0.15) is 28.2 Å². The fourth-order valence-corrected chi connectivity index (χ4v) is 7.86. The highest BCUT2D eigenvalue weighted by Crippen LogP contribution is 2.44. The normalized spacial score (nSPS) is 19.1. The Hall–Kier alpha value is -2.98. The first kappa shape index (κ1) is 29.5. The molecule has 3 aromatic rings. The maximum Gasteiger partial charge on any atom is 0.291 e. The second kappa shape index (κ2) is 9.80. The lowest BCUT2D eigenvalue weighted by Gasteiger charge is -2.33. The Bertz CT molecular complexity index is 1840. The third kappa shape index (κ3) is 5.14. The van der Waals surface area contributed by atoms with E-state index in [2.05, 4.69) is 20.0 Å². The van der Waals surface area contributed by atoms with Gasteiger partial charge in [-0.1, -0.05) is 17.4 Å². The van der Waals surface area contributed by atoms with E-state index in [9.17, 15) is 30.9 Å². The van der Waals surface area contributed by atoms with Gasteiger partial charge in [-0.05, 0) is 38.8 Å². The van der Waals surface area contributed by atoms with E-state index in [4.69, 9.17) is 0 Å². The third-order valence-electron chi connectivity index (χ3n) is 6.86. The molecule has 0 radical (unpaired) electrons. The molecule has 0 saturated heterocycles. The van der Waals surface area contributed by atoms with Gasteiger partial charge in [-0.3, -0.25) is 4.68 Å². The van der Waals surface area contributed by atoms with Crippen LogP contribution in [-0.2, 0) is 27.1 Å². The van der Waals surface area contributed by atoms with E-state index in [-0.39, 0.29) is 40.0 Å². The van der Waals surface area contributed by atoms with Crippen molar-refractivity contribution < 1.29 is 34.4 Å². The summed E-state index contributed by atoms with van der Waals surface area (Å²) >= 11 is 0.514. The van der Waals surface area contributed by atoms with Crippen LogP contribution in [0.15, 0.2) is 23.1 Å². The highest BCUT2D eigenvalue weighted by Gasteiger charge is 2.48. The molecular formula is C23H23F4N7O4S3. The second-order valence-electron chi connectivity index (χ2n) is 10.1. The summed E-state index contributed by atoms with van der Waals surface area (Å²) < 4.78 is 114. The predicted molar refractivity (Wildman–Crippen MR) is 141 cm³/mol. The zero-order chi connectivity index (χ0) is 30.1. The van der Waals surface area contributed by atoms with Crippen LogP contribution in [0, 0.1) is 11.3 Å². The van der Waals surface area contributed by atoms with Gasteiger partial charge in [-0.25, -0.2) is 25.6 Å². The number of nitrogens with zero attached hydrogens (tertiary/aromatic N) is 6. The molecule has 0 unspecified atom stereocenters. The first-order valence-electron chi connectivity index (χ1n) is 12.2. The molecule has 1 aliphatic carbocycles. The van der Waals surface area contributed by atoms with Crippen LogP contribution in [0.4, 0.5) is 17.6 Å². The quantitative estimate of drug-likeness (QED) is 0.371. The average molecular weight is 634 g/mol. The van der Waals surface area contributed by atoms with Gasteiger partial charge in [0.15, 0.2) is 10.0 Å². The van der Waals surface area contributed by atoms with Gasteiger partial charge >= 0.3 is 0 Å². The summed E-state index contributed by atoms with van der Waals surface area (Å²) in [6.45, 7) is 1.18. The molecule has 1 aromatic carbocycles. The molecule has 18 heteroatoms. The number of hydrogen-bond acceptors (Lipinski definition) is 9. The molecule has 2 aliphatic rings. The van der Waals surface area contributed by atoms with E-state index < -0.39 is 71.7 Å². The topological polar surface area (TPSA) is 151 Å². The summed E-state index contributed by atoms with van der Waals surface area (Å²) in [7, 11) is -7.07. The Morgan fingerprint density at radius 1 is 1.15 bits per heavy atom. The number of halogens is 4. The van der Waals surface area contributed by atoms with E-state index in [0.717, 1.165) is 18.2 Å². The predicted octanol–water partition coefficient (Wildman–Crippen LogP) is 3.44. The van der Waals surface area contributed by atoms with Gasteiger partial charge in [0.1, 0.15) is 11.2 Å². The van der Waals surface area contributed by atoms with Crippen molar-refractivity contribution in [1.29, 1.82) is 5.26 Å². The first-order chi connectivity index (χ1) is 19.0. The van der Waals surface area contributed by atoms with Crippen LogP contribution in [0.5, 0.6) is 0 Å². The third-order valence-corrected chi connectivity index (χ3v) is 11.5. The highest BCUT2D eigenvalue weighted by molar-refractivity contribution is 7.90. The Morgan fingerprint density at radius 3 is 2.37 bits per heavy atom. The summed E-state index contributed by atoms with van der Waals surface area (Å²) in [5.74, 6) is -3.75. The number of alkyl halides is 4. The molecule has 41 heavy (non-hydrogen) atoms. The summed E-state index contributed by atoms with van der Waals surface area (Å²) in [5, 5.41) is 19.2. The molecule has 11 nitrogen and oxygen atoms in total. The zero-order valence-electron chi connectivity index (χ0n) is 21.8. The minimum Gasteiger partial charge on any atom is -0.267 e. The van der Waals surface area contributed by atoms with E-state index in [1.807, 2.05) is 6.07 Å². The monoisotopic (exact) mass is 633 g/mol. The van der Waals surface area contributed by atoms with Crippen molar-refractivity contribution in [2.75, 3.05) is 13.1 Å². The van der Waals surface area contributed by atoms with Crippen LogP contribution < -0.4 is 4.72 Å². The lowest BCUT2D eigenvalue weighted by molar-refractivity contribution is 0.0417. The van der Waals surface area contributed by atoms with Crippen LogP contribution in [0.2, 0.25) is 0 Å². The number of nitrogens with one attached hydrogen (secondary N) is 1. The summed E-state index contributed by atoms with van der Waals surface area (Å²) in [6, 6.07) is 4.07. The van der Waals surface area contributed by atoms with Crippen LogP contribution >= 0.6 is 11.3 Å². The van der Waals surface area contributed by atoms with Gasteiger partial charge in [0.25, 0.3) is 12.3 Å². The number of aryl methyl sites for hydroxylation is 1. The SMILES string of the molecule is CC(C)S(=O)(=O)N1CC=C(c2cc(S(=O)(=O)NC3(C#N)CC3)cc3c(-c4nnc(C(F)F)s4)nn(C)c23)C(F)(F)C1. The molecule has 0 amide bonds. The first-order valence-corrected chi connectivity index (χ1v) is 16.0. The van der Waals surface area contributed by atoms with Crippen LogP contribution in [-0.4, -0.2) is 70.9 Å². The number of sulfonamides is 2. The average Bonchev–Trinajstić information content (AvgIpc) is 3.31. The van der Waals surface area contributed by atoms with Crippen LogP contribution in [0.3, 0.4) is 0 Å². The molecule has 0 bridgehead atoms. The second-order valence-corrected chi connectivity index (χ2v) is 15.3. The van der Waals surface area contributed by atoms with E-state index in [1.165, 1.54) is 25.6 Å². The Kier molecular flexibility index (Phi) is 7.05. The largest absolute Gasteiger partial charge is 0.291 e. The van der Waals surface area contributed by atoms with Crippen molar-refractivity contribution in [2.45, 2.75) is 54.7 Å². The van der Waals surface area contributed by atoms with Crippen molar-refractivity contribution in [2.24, 2.45) is 7.05 Å². The number of rotatable bonds is 8. The number of aromatic nitrogens is 4. The molecule has 2 aromatic heterocycles. The molecular weight excluding hydrogens is 610 g/mol. The highest BCUT2D eigenvalue weighted by atomic mass is 32.2. The van der Waals surface area contributed by atoms with Crippen molar-refractivity contribution in [3.63, 3.8) is 0 Å². The lowest BCUT2D eigenvalue weighted by atomic mass is 9.94. The van der Waals surface area contributed by atoms with Crippen molar-refractivity contribution in [1.82, 2.24) is 29.0 Å². The fraction of sp³-hybridized carbons (Fsp3) is 0.478. The molecule has 1 aliphatic heterocycles. The molecule has 1 fully saturated rings. The maximum absolute atomic E-state index is 15.7. The molecule has 0 atom stereocenters. The molecule has 5 rings (SSSR count). The van der Waals surface area contributed by atoms with E-state index >= 15 is 8.78 Å². The summed E-state index contributed by atoms with van der Waals surface area (Å²) in [6.07, 6.45) is -1.38. The minimum atomic E-state index is -4.44. The zero-order valence-corrected chi connectivity index (χ0v) is 24.2. The van der Waals surface area contributed by atoms with Crippen LogP contribution in [0.25, 0.3) is 27.2 Å². The Morgan fingerprint density at radius 2 is 1.83 bits per heavy atom. The molecule has 3 heterocycles. The Labute approximate surface area is 236 Å². The van der Waals surface area contributed by atoms with Crippen LogP contribution in [0.1, 0.15) is 43.7 Å². The molecule has 0 spiro atoms. The fourth-order valence-electron chi connectivity index (χ4n) is 4.52. The summed E-state index contributed by atoms with van der Waals surface area (Å²) in [5.41, 5.74) is -2.22. The number of benzene rings is 1. The van der Waals surface area contributed by atoms with E-state index in [1.54, 1.807) is 0 Å². The number of hydrogen-bond donors (Lipinski definition) is 1. The van der Waals surface area contributed by atoms with Gasteiger partial charge in [-0.15, -0.1) is 10.2 Å². The standard InChI is InChI=1S/C23H23F4N7O4S3/c1-12(2)41(37,38)34-7-4-16(23(26,27)11-34)14-8-13(40(35,36)32-22(10-28)5-6-22)9-15-17(31-33(3)18(14)15)20-29-30-21(39-20)19(24)25/h4,8-9,12,19,32H,5-7,11H2,1-3H3. The summed E-state index contributed by atoms with van der Waals surface area (Å²) in [4.78, 5) is -0.469. The van der Waals surface area contributed by atoms with Crippen molar-refractivity contribution >= 4 is 47.9 Å². The maximum atomic E-state index is 15.7. The minimum absolute atomic E-state index is 0.0121. The van der Waals surface area contributed by atoms with Gasteiger partial charge in [0.2, 0.25) is 20.0 Å². The molecule has 1 N–H and O–H groups in total. The smallest absolute Gasteiger partial charge is 0.267 e. The Balaban J connectivity index is 1.74.